The molecular formula is C38H22N8. The van der Waals surface area contributed by atoms with Gasteiger partial charge in [0.15, 0.2) is 23.3 Å². The van der Waals surface area contributed by atoms with E-state index in [9.17, 15) is 0 Å². The molecular weight excluding hydrogens is 568 g/mol. The summed E-state index contributed by atoms with van der Waals surface area (Å²) in [5, 5.41) is 3.75. The first-order chi connectivity index (χ1) is 22.8. The number of hydrogen-bond acceptors (Lipinski definition) is 6. The molecule has 2 aliphatic rings. The summed E-state index contributed by atoms with van der Waals surface area (Å²) in [7, 11) is 0. The lowest BCUT2D eigenvalue weighted by molar-refractivity contribution is 1.17. The van der Waals surface area contributed by atoms with Crippen molar-refractivity contribution in [3.8, 4) is 56.7 Å². The molecule has 8 aromatic rings. The van der Waals surface area contributed by atoms with Gasteiger partial charge >= 0.3 is 0 Å². The van der Waals surface area contributed by atoms with Gasteiger partial charge in [-0.05, 0) is 11.1 Å². The van der Waals surface area contributed by atoms with Crippen molar-refractivity contribution in [3.63, 3.8) is 0 Å². The summed E-state index contributed by atoms with van der Waals surface area (Å²) in [6, 6.07) is 40.8. The summed E-state index contributed by atoms with van der Waals surface area (Å²) in [6.07, 6.45) is 0. The Kier molecular flexibility index (Phi) is 5.12. The van der Waals surface area contributed by atoms with Gasteiger partial charge in [0.25, 0.3) is 0 Å². The molecule has 46 heavy (non-hydrogen) atoms. The third-order valence-electron chi connectivity index (χ3n) is 8.68. The lowest BCUT2D eigenvalue weighted by Crippen LogP contribution is -1.89. The van der Waals surface area contributed by atoms with Crippen molar-refractivity contribution in [1.82, 2.24) is 39.9 Å². The maximum Gasteiger partial charge on any atom is 0.164 e. The molecule has 214 valence electrons. The summed E-state index contributed by atoms with van der Waals surface area (Å²) < 4.78 is 0. The summed E-state index contributed by atoms with van der Waals surface area (Å²) in [4.78, 5) is 37.8. The number of fused-ring (bicyclic) bond motifs is 22. The van der Waals surface area contributed by atoms with Crippen molar-refractivity contribution in [2.24, 2.45) is 0 Å². The van der Waals surface area contributed by atoms with E-state index in [0.717, 1.165) is 54.9 Å². The van der Waals surface area contributed by atoms with Crippen molar-refractivity contribution < 1.29 is 0 Å². The zero-order valence-electron chi connectivity index (χ0n) is 24.2. The molecule has 8 nitrogen and oxygen atoms in total. The van der Waals surface area contributed by atoms with Gasteiger partial charge in [-0.25, -0.2) is 29.9 Å². The number of nitrogens with zero attached hydrogens (tertiary/aromatic N) is 6. The summed E-state index contributed by atoms with van der Waals surface area (Å²) >= 11 is 0. The standard InChI is InChI=1S/C38H22N8/c1-3-13-23-21(11-1)22-12-2-4-14-24(22)32-39-31(23)40-33-25-15-5-7-17-27(25)35(42-33)44-37-29-19-9-10-20-30(29)38(46-37)45-36-28-18-8-6-16-26(28)34(41-32)43-36/h1-20H,(H2,39,40,41,42,43,44,45,46). The Labute approximate surface area is 261 Å². The number of hydrogen-bond donors (Lipinski definition) is 2. The van der Waals surface area contributed by atoms with Gasteiger partial charge in [-0.1, -0.05) is 121 Å². The maximum absolute atomic E-state index is 5.22. The van der Waals surface area contributed by atoms with Crippen LogP contribution in [-0.4, -0.2) is 39.9 Å². The molecule has 0 radical (unpaired) electrons. The van der Waals surface area contributed by atoms with Crippen LogP contribution in [0.4, 0.5) is 0 Å². The second-order valence-corrected chi connectivity index (χ2v) is 11.3. The molecule has 5 aromatic carbocycles. The van der Waals surface area contributed by atoms with Crippen LogP contribution in [0, 0.1) is 0 Å². The molecule has 2 N–H and O–H groups in total. The number of H-pyrrole nitrogens is 2. The van der Waals surface area contributed by atoms with Crippen molar-refractivity contribution in [2.45, 2.75) is 0 Å². The van der Waals surface area contributed by atoms with Crippen LogP contribution < -0.4 is 0 Å². The van der Waals surface area contributed by atoms with Crippen LogP contribution in [-0.2, 0) is 0 Å². The first-order valence-electron chi connectivity index (χ1n) is 15.1. The highest BCUT2D eigenvalue weighted by Gasteiger charge is 2.22. The Morgan fingerprint density at radius 2 is 0.500 bits per heavy atom. The Morgan fingerprint density at radius 3 is 0.804 bits per heavy atom. The predicted molar refractivity (Wildman–Crippen MR) is 181 cm³/mol. The zero-order valence-corrected chi connectivity index (χ0v) is 24.2. The highest BCUT2D eigenvalue weighted by Crippen LogP contribution is 2.39. The normalized spacial score (nSPS) is 11.9. The minimum atomic E-state index is 0.552. The SMILES string of the molecule is c1ccc2c(c1)-c1nc-2nc2[nH]c(nc3nc(nc4[nH]c(n1)c1ccccc41)-c1ccccc1-c1ccccc1-3)c1ccccc21. The summed E-state index contributed by atoms with van der Waals surface area (Å²) in [5.41, 5.74) is 8.40. The first-order valence-corrected chi connectivity index (χ1v) is 15.1. The van der Waals surface area contributed by atoms with E-state index in [1.807, 2.05) is 97.1 Å². The Hall–Kier alpha value is -6.54. The minimum absolute atomic E-state index is 0.552. The molecule has 0 spiro atoms. The quantitative estimate of drug-likeness (QED) is 0.183. The van der Waals surface area contributed by atoms with Gasteiger partial charge in [0.2, 0.25) is 0 Å². The highest BCUT2D eigenvalue weighted by atomic mass is 15.0. The largest absolute Gasteiger partial charge is 0.324 e. The molecule has 0 amide bonds. The fourth-order valence-corrected chi connectivity index (χ4v) is 6.54. The van der Waals surface area contributed by atoms with Crippen LogP contribution in [0.5, 0.6) is 0 Å². The molecule has 2 aliphatic heterocycles. The smallest absolute Gasteiger partial charge is 0.164 e. The Balaban J connectivity index is 1.45. The van der Waals surface area contributed by atoms with E-state index in [-0.39, 0.29) is 0 Å². The van der Waals surface area contributed by atoms with Crippen molar-refractivity contribution in [1.29, 1.82) is 0 Å². The molecule has 0 fully saturated rings. The van der Waals surface area contributed by atoms with Crippen LogP contribution in [0.15, 0.2) is 121 Å². The van der Waals surface area contributed by atoms with Crippen molar-refractivity contribution >= 4 is 44.1 Å². The van der Waals surface area contributed by atoms with Gasteiger partial charge in [-0.3, -0.25) is 0 Å². The zero-order chi connectivity index (χ0) is 30.2. The van der Waals surface area contributed by atoms with E-state index in [0.29, 0.717) is 45.9 Å². The number of nitrogens with one attached hydrogen (secondary N) is 2. The monoisotopic (exact) mass is 590 g/mol. The molecule has 8 heteroatoms. The predicted octanol–water partition coefficient (Wildman–Crippen LogP) is 8.54. The molecule has 0 aliphatic carbocycles. The maximum atomic E-state index is 5.22. The first kappa shape index (κ1) is 24.9. The number of aromatic amines is 2. The van der Waals surface area contributed by atoms with E-state index in [4.69, 9.17) is 29.9 Å². The fraction of sp³-hybridized carbons (Fsp3) is 0. The van der Waals surface area contributed by atoms with E-state index >= 15 is 0 Å². The minimum Gasteiger partial charge on any atom is -0.324 e. The Morgan fingerprint density at radius 1 is 0.261 bits per heavy atom. The van der Waals surface area contributed by atoms with E-state index in [1.165, 1.54) is 0 Å². The molecule has 0 saturated carbocycles. The molecule has 3 aromatic heterocycles. The Bertz CT molecular complexity index is 2540. The van der Waals surface area contributed by atoms with Gasteiger partial charge < -0.3 is 9.97 Å². The number of benzene rings is 5. The molecule has 8 bridgehead atoms. The van der Waals surface area contributed by atoms with Gasteiger partial charge in [0.1, 0.15) is 22.6 Å². The van der Waals surface area contributed by atoms with Crippen LogP contribution in [0.2, 0.25) is 0 Å². The van der Waals surface area contributed by atoms with Gasteiger partial charge in [-0.15, -0.1) is 0 Å². The van der Waals surface area contributed by atoms with Crippen LogP contribution in [0.1, 0.15) is 0 Å². The van der Waals surface area contributed by atoms with E-state index in [2.05, 4.69) is 34.2 Å². The van der Waals surface area contributed by atoms with Crippen LogP contribution in [0.25, 0.3) is 101 Å². The van der Waals surface area contributed by atoms with Gasteiger partial charge in [0.05, 0.1) is 0 Å². The average Bonchev–Trinajstić information content (AvgIpc) is 3.72. The summed E-state index contributed by atoms with van der Waals surface area (Å²) in [5.74, 6) is 2.28. The van der Waals surface area contributed by atoms with E-state index in [1.54, 1.807) is 0 Å². The fourth-order valence-electron chi connectivity index (χ4n) is 6.54. The summed E-state index contributed by atoms with van der Waals surface area (Å²) in [6.45, 7) is 0. The average molecular weight is 591 g/mol. The third-order valence-corrected chi connectivity index (χ3v) is 8.68. The van der Waals surface area contributed by atoms with Crippen molar-refractivity contribution in [3.05, 3.63) is 121 Å². The number of aromatic nitrogens is 8. The topological polar surface area (TPSA) is 109 Å². The van der Waals surface area contributed by atoms with Gasteiger partial charge in [-0.2, -0.15) is 0 Å². The van der Waals surface area contributed by atoms with E-state index < -0.39 is 0 Å². The highest BCUT2D eigenvalue weighted by molar-refractivity contribution is 6.06. The molecule has 5 heterocycles. The number of rotatable bonds is 0. The molecule has 0 saturated heterocycles. The van der Waals surface area contributed by atoms with Crippen molar-refractivity contribution in [2.75, 3.05) is 0 Å². The lowest BCUT2D eigenvalue weighted by Gasteiger charge is -2.08. The van der Waals surface area contributed by atoms with Gasteiger partial charge in [0, 0.05) is 43.8 Å². The van der Waals surface area contributed by atoms with Crippen LogP contribution in [0.3, 0.4) is 0 Å². The second kappa shape index (κ2) is 9.48. The second-order valence-electron chi connectivity index (χ2n) is 11.3. The molecule has 0 atom stereocenters. The third kappa shape index (κ3) is 3.67. The van der Waals surface area contributed by atoms with Crippen LogP contribution >= 0.6 is 0 Å². The lowest BCUT2D eigenvalue weighted by atomic mass is 9.96. The molecule has 10 rings (SSSR count). The molecule has 0 unspecified atom stereocenters.